The first-order valence-electron chi connectivity index (χ1n) is 10.4. The van der Waals surface area contributed by atoms with Crippen LogP contribution in [0.2, 0.25) is 0 Å². The number of rotatable bonds is 9. The summed E-state index contributed by atoms with van der Waals surface area (Å²) in [6.45, 7) is -0.552. The number of ether oxygens (including phenoxy) is 2. The topological polar surface area (TPSA) is 86.5 Å². The van der Waals surface area contributed by atoms with Crippen LogP contribution in [0.3, 0.4) is 0 Å². The van der Waals surface area contributed by atoms with Gasteiger partial charge < -0.3 is 19.2 Å². The van der Waals surface area contributed by atoms with Crippen molar-refractivity contribution in [1.29, 1.82) is 0 Å². The van der Waals surface area contributed by atoms with Crippen LogP contribution in [-0.2, 0) is 6.54 Å². The molecule has 0 saturated heterocycles. The Hall–Kier alpha value is -3.49. The van der Waals surface area contributed by atoms with Crippen molar-refractivity contribution < 1.29 is 27.5 Å². The summed E-state index contributed by atoms with van der Waals surface area (Å²) < 4.78 is 41.4. The molecule has 0 bridgehead atoms. The Bertz CT molecular complexity index is 1080. The largest absolute Gasteiger partial charge is 0.489 e. The fourth-order valence-electron chi connectivity index (χ4n) is 3.31. The molecule has 0 aliphatic heterocycles. The second kappa shape index (κ2) is 9.76. The number of halogens is 2. The Morgan fingerprint density at radius 1 is 1.28 bits per heavy atom. The number of nitrogens with zero attached hydrogens (tertiary/aromatic N) is 2. The molecule has 4 rings (SSSR count). The lowest BCUT2D eigenvalue weighted by atomic mass is 9.86. The fourth-order valence-corrected chi connectivity index (χ4v) is 3.31. The molecule has 1 saturated carbocycles. The van der Waals surface area contributed by atoms with E-state index >= 15 is 0 Å². The van der Waals surface area contributed by atoms with Gasteiger partial charge in [-0.3, -0.25) is 9.78 Å². The van der Waals surface area contributed by atoms with E-state index in [-0.39, 0.29) is 29.8 Å². The fraction of sp³-hybridized carbons (Fsp3) is 0.348. The molecule has 0 radical (unpaired) electrons. The maximum absolute atomic E-state index is 12.8. The molecule has 3 aromatic rings. The number of pyridine rings is 1. The molecule has 1 aromatic carbocycles. The summed E-state index contributed by atoms with van der Waals surface area (Å²) in [6.07, 6.45) is 6.28. The van der Waals surface area contributed by atoms with Gasteiger partial charge in [-0.25, -0.2) is 4.98 Å². The summed E-state index contributed by atoms with van der Waals surface area (Å²) in [4.78, 5) is 20.8. The monoisotopic (exact) mass is 443 g/mol. The third-order valence-electron chi connectivity index (χ3n) is 5.31. The number of amides is 1. The number of carbonyl (C=O) groups is 1. The van der Waals surface area contributed by atoms with Gasteiger partial charge in [-0.1, -0.05) is 12.5 Å². The van der Waals surface area contributed by atoms with Crippen LogP contribution >= 0.6 is 0 Å². The van der Waals surface area contributed by atoms with Gasteiger partial charge in [0.2, 0.25) is 5.89 Å². The third kappa shape index (κ3) is 5.22. The molecule has 1 aliphatic carbocycles. The van der Waals surface area contributed by atoms with Gasteiger partial charge in [-0.05, 0) is 55.5 Å². The standard InChI is InChI=1S/C23H23F2N3O4/c1-14-4-3-9-26-20(14)21(29)27-11-17-13-31-22(28-17)16-7-8-18(32-23(24)25)19(10-16)30-12-15-5-2-6-15/h3-4,7-10,13,15,23H,2,5-6,11-12H2,1H3,(H,27,29). The highest BCUT2D eigenvalue weighted by atomic mass is 19.3. The van der Waals surface area contributed by atoms with Crippen molar-refractivity contribution in [3.63, 3.8) is 0 Å². The van der Waals surface area contributed by atoms with Crippen LogP contribution in [0.5, 0.6) is 11.5 Å². The summed E-state index contributed by atoms with van der Waals surface area (Å²) in [5, 5.41) is 2.76. The Morgan fingerprint density at radius 3 is 2.84 bits per heavy atom. The molecule has 1 amide bonds. The van der Waals surface area contributed by atoms with Crippen LogP contribution < -0.4 is 14.8 Å². The van der Waals surface area contributed by atoms with Gasteiger partial charge in [0.25, 0.3) is 5.91 Å². The number of benzene rings is 1. The molecule has 0 atom stereocenters. The van der Waals surface area contributed by atoms with Gasteiger partial charge in [0.1, 0.15) is 12.0 Å². The number of oxazole rings is 1. The normalized spacial score (nSPS) is 13.6. The lowest BCUT2D eigenvalue weighted by Gasteiger charge is -2.25. The molecule has 1 aliphatic rings. The zero-order chi connectivity index (χ0) is 22.5. The van der Waals surface area contributed by atoms with Crippen LogP contribution in [0.25, 0.3) is 11.5 Å². The summed E-state index contributed by atoms with van der Waals surface area (Å²) in [7, 11) is 0. The molecule has 2 aromatic heterocycles. The number of aromatic nitrogens is 2. The highest BCUT2D eigenvalue weighted by Gasteiger charge is 2.20. The van der Waals surface area contributed by atoms with Gasteiger partial charge >= 0.3 is 6.61 Å². The number of hydrogen-bond acceptors (Lipinski definition) is 6. The lowest BCUT2D eigenvalue weighted by Crippen LogP contribution is -2.24. The van der Waals surface area contributed by atoms with E-state index in [1.54, 1.807) is 24.4 Å². The van der Waals surface area contributed by atoms with E-state index in [1.165, 1.54) is 12.3 Å². The smallest absolute Gasteiger partial charge is 0.387 e. The molecule has 32 heavy (non-hydrogen) atoms. The van der Waals surface area contributed by atoms with Crippen molar-refractivity contribution in [1.82, 2.24) is 15.3 Å². The molecule has 0 unspecified atom stereocenters. The molecule has 1 fully saturated rings. The van der Waals surface area contributed by atoms with Gasteiger partial charge in [-0.15, -0.1) is 0 Å². The highest BCUT2D eigenvalue weighted by molar-refractivity contribution is 5.93. The van der Waals surface area contributed by atoms with E-state index in [1.807, 2.05) is 13.0 Å². The lowest BCUT2D eigenvalue weighted by molar-refractivity contribution is -0.0517. The summed E-state index contributed by atoms with van der Waals surface area (Å²) in [5.74, 6) is 0.576. The van der Waals surface area contributed by atoms with Crippen LogP contribution in [0.4, 0.5) is 8.78 Å². The molecule has 168 valence electrons. The van der Waals surface area contributed by atoms with Gasteiger partial charge in [-0.2, -0.15) is 8.78 Å². The van der Waals surface area contributed by atoms with Crippen LogP contribution in [0.15, 0.2) is 47.2 Å². The Kier molecular flexibility index (Phi) is 6.63. The summed E-state index contributed by atoms with van der Waals surface area (Å²) in [6, 6.07) is 8.12. The van der Waals surface area contributed by atoms with E-state index in [0.29, 0.717) is 29.5 Å². The first-order valence-corrected chi connectivity index (χ1v) is 10.4. The van der Waals surface area contributed by atoms with Gasteiger partial charge in [0.05, 0.1) is 18.8 Å². The summed E-state index contributed by atoms with van der Waals surface area (Å²) in [5.41, 5.74) is 2.17. The third-order valence-corrected chi connectivity index (χ3v) is 5.31. The number of alkyl halides is 2. The molecule has 0 spiro atoms. The first-order chi connectivity index (χ1) is 15.5. The number of nitrogens with one attached hydrogen (secondary N) is 1. The zero-order valence-electron chi connectivity index (χ0n) is 17.5. The maximum atomic E-state index is 12.8. The number of aryl methyl sites for hydroxylation is 1. The molecule has 2 heterocycles. The highest BCUT2D eigenvalue weighted by Crippen LogP contribution is 2.35. The number of hydrogen-bond donors (Lipinski definition) is 1. The van der Waals surface area contributed by atoms with Crippen molar-refractivity contribution in [2.75, 3.05) is 6.61 Å². The second-order valence-electron chi connectivity index (χ2n) is 7.64. The van der Waals surface area contributed by atoms with Gasteiger partial charge in [0, 0.05) is 11.8 Å². The first kappa shape index (κ1) is 21.7. The van der Waals surface area contributed by atoms with Crippen molar-refractivity contribution >= 4 is 5.91 Å². The minimum atomic E-state index is -2.95. The maximum Gasteiger partial charge on any atom is 0.387 e. The van der Waals surface area contributed by atoms with Crippen LogP contribution in [-0.4, -0.2) is 29.1 Å². The van der Waals surface area contributed by atoms with Crippen LogP contribution in [0.1, 0.15) is 41.0 Å². The average Bonchev–Trinajstić information content (AvgIpc) is 3.21. The molecular weight excluding hydrogens is 420 g/mol. The van der Waals surface area contributed by atoms with E-state index in [0.717, 1.165) is 24.8 Å². The second-order valence-corrected chi connectivity index (χ2v) is 7.64. The van der Waals surface area contributed by atoms with Crippen LogP contribution in [0, 0.1) is 12.8 Å². The minimum Gasteiger partial charge on any atom is -0.489 e. The van der Waals surface area contributed by atoms with Crippen molar-refractivity contribution in [2.24, 2.45) is 5.92 Å². The predicted molar refractivity (Wildman–Crippen MR) is 112 cm³/mol. The quantitative estimate of drug-likeness (QED) is 0.513. The average molecular weight is 443 g/mol. The Balaban J connectivity index is 1.45. The van der Waals surface area contributed by atoms with E-state index in [2.05, 4.69) is 20.0 Å². The molecule has 9 heteroatoms. The predicted octanol–water partition coefficient (Wildman–Crippen LogP) is 4.76. The zero-order valence-corrected chi connectivity index (χ0v) is 17.5. The van der Waals surface area contributed by atoms with E-state index in [9.17, 15) is 13.6 Å². The summed E-state index contributed by atoms with van der Waals surface area (Å²) >= 11 is 0. The molecular formula is C23H23F2N3O4. The van der Waals surface area contributed by atoms with Crippen molar-refractivity contribution in [3.8, 4) is 23.0 Å². The Labute approximate surface area is 183 Å². The van der Waals surface area contributed by atoms with E-state index in [4.69, 9.17) is 9.15 Å². The number of carbonyl (C=O) groups excluding carboxylic acids is 1. The van der Waals surface area contributed by atoms with Gasteiger partial charge in [0.15, 0.2) is 11.5 Å². The van der Waals surface area contributed by atoms with Crippen molar-refractivity contribution in [3.05, 3.63) is 59.7 Å². The van der Waals surface area contributed by atoms with E-state index < -0.39 is 6.61 Å². The van der Waals surface area contributed by atoms with Crippen molar-refractivity contribution in [2.45, 2.75) is 39.3 Å². The minimum absolute atomic E-state index is 0.0344. The molecule has 1 N–H and O–H groups in total. The molecule has 7 nitrogen and oxygen atoms in total. The SMILES string of the molecule is Cc1cccnc1C(=O)NCc1coc(-c2ccc(OC(F)F)c(OCC3CCC3)c2)n1. The Morgan fingerprint density at radius 2 is 2.12 bits per heavy atom.